The van der Waals surface area contributed by atoms with Gasteiger partial charge in [-0.2, -0.15) is 0 Å². The molecule has 1 atom stereocenters. The molecule has 1 N–H and O–H groups in total. The predicted octanol–water partition coefficient (Wildman–Crippen LogP) is 3.67. The molecule has 0 saturated carbocycles. The van der Waals surface area contributed by atoms with Gasteiger partial charge in [0.15, 0.2) is 0 Å². The van der Waals surface area contributed by atoms with Gasteiger partial charge in [-0.15, -0.1) is 0 Å². The monoisotopic (exact) mass is 451 g/mol. The number of ether oxygens (including phenoxy) is 1. The van der Waals surface area contributed by atoms with Gasteiger partial charge in [0.25, 0.3) is 15.9 Å². The molecule has 32 heavy (non-hydrogen) atoms. The smallest absolute Gasteiger partial charge is 0.310 e. The van der Waals surface area contributed by atoms with E-state index in [0.717, 1.165) is 15.4 Å². The molecule has 0 fully saturated rings. The molecule has 1 unspecified atom stereocenters. The third-order valence-electron chi connectivity index (χ3n) is 5.35. The maximum atomic E-state index is 12.6. The lowest BCUT2D eigenvalue weighted by atomic mass is 10.1. The summed E-state index contributed by atoms with van der Waals surface area (Å²) in [4.78, 5) is 24.1. The summed E-state index contributed by atoms with van der Waals surface area (Å²) in [7, 11) is -3.97. The molecular formula is C24H21NO6S. The Kier molecular flexibility index (Phi) is 5.96. The topological polar surface area (TPSA) is 101 Å². The zero-order chi connectivity index (χ0) is 22.7. The summed E-state index contributed by atoms with van der Waals surface area (Å²) < 4.78 is 31.6. The minimum atomic E-state index is -3.97. The fourth-order valence-electron chi connectivity index (χ4n) is 3.57. The number of hydrogen-bond donors (Lipinski definition) is 1. The number of sulfonamides is 1. The van der Waals surface area contributed by atoms with E-state index in [2.05, 4.69) is 0 Å². The second-order valence-electron chi connectivity index (χ2n) is 7.40. The second-order valence-corrected chi connectivity index (χ2v) is 9.23. The molecule has 0 aliphatic carbocycles. The number of benzene rings is 3. The maximum Gasteiger partial charge on any atom is 0.310 e. The summed E-state index contributed by atoms with van der Waals surface area (Å²) in [5.74, 6) is -2.22. The quantitative estimate of drug-likeness (QED) is 0.561. The Morgan fingerprint density at radius 1 is 0.906 bits per heavy atom. The van der Waals surface area contributed by atoms with E-state index in [9.17, 15) is 23.1 Å². The van der Waals surface area contributed by atoms with Crippen molar-refractivity contribution in [1.82, 2.24) is 4.31 Å². The Labute approximate surface area is 185 Å². The third kappa shape index (κ3) is 4.22. The van der Waals surface area contributed by atoms with E-state index in [0.29, 0.717) is 5.75 Å². The lowest BCUT2D eigenvalue weighted by molar-refractivity contribution is -0.143. The van der Waals surface area contributed by atoms with Crippen molar-refractivity contribution >= 4 is 21.9 Å². The minimum Gasteiger partial charge on any atom is -0.493 e. The molecule has 0 spiro atoms. The lowest BCUT2D eigenvalue weighted by Crippen LogP contribution is -2.34. The number of aliphatic carboxylic acids is 1. The third-order valence-corrected chi connectivity index (χ3v) is 7.20. The second kappa shape index (κ2) is 8.84. The van der Waals surface area contributed by atoms with Gasteiger partial charge in [0.2, 0.25) is 0 Å². The van der Waals surface area contributed by atoms with E-state index >= 15 is 0 Å². The summed E-state index contributed by atoms with van der Waals surface area (Å²) in [5.41, 5.74) is 2.17. The molecule has 1 aliphatic rings. The molecule has 1 aliphatic heterocycles. The van der Waals surface area contributed by atoms with Crippen LogP contribution in [0.2, 0.25) is 0 Å². The fraction of sp³-hybridized carbons (Fsp3) is 0.167. The van der Waals surface area contributed by atoms with Gasteiger partial charge in [0.05, 0.1) is 11.5 Å². The summed E-state index contributed by atoms with van der Waals surface area (Å²) in [6, 6.07) is 23.0. The summed E-state index contributed by atoms with van der Waals surface area (Å²) in [6.45, 7) is -0.377. The SMILES string of the molecule is O=C(O)C(CCN1C(=O)c2ccccc2S1(=O)=O)COc1ccc(-c2ccccc2)cc1. The van der Waals surface area contributed by atoms with Crippen molar-refractivity contribution < 1.29 is 27.9 Å². The average Bonchev–Trinajstić information content (AvgIpc) is 3.00. The number of hydrogen-bond acceptors (Lipinski definition) is 5. The summed E-state index contributed by atoms with van der Waals surface area (Å²) >= 11 is 0. The van der Waals surface area contributed by atoms with Crippen LogP contribution in [0.5, 0.6) is 5.75 Å². The number of amides is 1. The average molecular weight is 452 g/mol. The molecule has 0 bridgehead atoms. The van der Waals surface area contributed by atoms with Crippen molar-refractivity contribution in [2.24, 2.45) is 5.92 Å². The van der Waals surface area contributed by atoms with Crippen LogP contribution in [-0.2, 0) is 14.8 Å². The highest BCUT2D eigenvalue weighted by Gasteiger charge is 2.41. The highest BCUT2D eigenvalue weighted by Crippen LogP contribution is 2.30. The Morgan fingerprint density at radius 3 is 2.19 bits per heavy atom. The Balaban J connectivity index is 1.39. The number of carboxylic acid groups (broad SMARTS) is 1. The van der Waals surface area contributed by atoms with Gasteiger partial charge in [-0.25, -0.2) is 12.7 Å². The zero-order valence-electron chi connectivity index (χ0n) is 17.0. The Bertz CT molecular complexity index is 1240. The molecule has 0 radical (unpaired) electrons. The largest absolute Gasteiger partial charge is 0.493 e. The normalized spacial score (nSPS) is 15.2. The molecule has 0 aromatic heterocycles. The first-order chi connectivity index (χ1) is 15.4. The maximum absolute atomic E-state index is 12.6. The van der Waals surface area contributed by atoms with Crippen molar-refractivity contribution in [1.29, 1.82) is 0 Å². The van der Waals surface area contributed by atoms with Crippen LogP contribution in [0, 0.1) is 5.92 Å². The van der Waals surface area contributed by atoms with Crippen LogP contribution in [0.4, 0.5) is 0 Å². The van der Waals surface area contributed by atoms with Crippen molar-refractivity contribution in [3.05, 3.63) is 84.4 Å². The van der Waals surface area contributed by atoms with Gasteiger partial charge in [-0.3, -0.25) is 9.59 Å². The molecule has 0 saturated heterocycles. The molecule has 8 heteroatoms. The number of rotatable bonds is 8. The highest BCUT2D eigenvalue weighted by molar-refractivity contribution is 7.90. The van der Waals surface area contributed by atoms with Crippen LogP contribution in [0.25, 0.3) is 11.1 Å². The van der Waals surface area contributed by atoms with Crippen LogP contribution in [-0.4, -0.2) is 42.9 Å². The van der Waals surface area contributed by atoms with E-state index in [1.165, 1.54) is 12.1 Å². The highest BCUT2D eigenvalue weighted by atomic mass is 32.2. The van der Waals surface area contributed by atoms with Crippen LogP contribution < -0.4 is 4.74 Å². The number of fused-ring (bicyclic) bond motifs is 1. The number of carbonyl (C=O) groups is 2. The van der Waals surface area contributed by atoms with E-state index in [-0.39, 0.29) is 30.0 Å². The van der Waals surface area contributed by atoms with Gasteiger partial charge < -0.3 is 9.84 Å². The number of nitrogens with zero attached hydrogens (tertiary/aromatic N) is 1. The summed E-state index contributed by atoms with van der Waals surface area (Å²) in [6.07, 6.45) is -0.0591. The number of carboxylic acids is 1. The molecule has 3 aromatic carbocycles. The molecule has 1 heterocycles. The molecule has 4 rings (SSSR count). The fourth-order valence-corrected chi connectivity index (χ4v) is 5.16. The zero-order valence-corrected chi connectivity index (χ0v) is 17.9. The first-order valence-corrected chi connectivity index (χ1v) is 11.5. The minimum absolute atomic E-state index is 0.0494. The molecule has 7 nitrogen and oxygen atoms in total. The Morgan fingerprint density at radius 2 is 1.53 bits per heavy atom. The predicted molar refractivity (Wildman–Crippen MR) is 118 cm³/mol. The van der Waals surface area contributed by atoms with Crippen LogP contribution in [0.1, 0.15) is 16.8 Å². The lowest BCUT2D eigenvalue weighted by Gasteiger charge is -2.19. The first-order valence-electron chi connectivity index (χ1n) is 10.0. The number of carbonyl (C=O) groups excluding carboxylic acids is 1. The standard InChI is InChI=1S/C24H21NO6S/c26-23-21-8-4-5-9-22(21)32(29,30)25(23)15-14-19(24(27)28)16-31-20-12-10-18(11-13-20)17-6-2-1-3-7-17/h1-13,19H,14-16H2,(H,27,28). The van der Waals surface area contributed by atoms with Gasteiger partial charge in [-0.1, -0.05) is 54.6 Å². The molecular weight excluding hydrogens is 430 g/mol. The van der Waals surface area contributed by atoms with E-state index in [1.54, 1.807) is 24.3 Å². The molecule has 3 aromatic rings. The van der Waals surface area contributed by atoms with Crippen molar-refractivity contribution in [2.75, 3.05) is 13.2 Å². The van der Waals surface area contributed by atoms with Crippen LogP contribution >= 0.6 is 0 Å². The van der Waals surface area contributed by atoms with Crippen molar-refractivity contribution in [3.8, 4) is 16.9 Å². The Hall–Kier alpha value is -3.65. The van der Waals surface area contributed by atoms with Gasteiger partial charge in [-0.05, 0) is 41.8 Å². The van der Waals surface area contributed by atoms with Gasteiger partial charge >= 0.3 is 5.97 Å². The first kappa shape index (κ1) is 21.6. The van der Waals surface area contributed by atoms with E-state index in [4.69, 9.17) is 4.74 Å². The van der Waals surface area contributed by atoms with E-state index in [1.807, 2.05) is 42.5 Å². The van der Waals surface area contributed by atoms with Crippen LogP contribution in [0.15, 0.2) is 83.8 Å². The van der Waals surface area contributed by atoms with Crippen molar-refractivity contribution in [3.63, 3.8) is 0 Å². The van der Waals surface area contributed by atoms with E-state index < -0.39 is 27.8 Å². The molecule has 1 amide bonds. The van der Waals surface area contributed by atoms with Gasteiger partial charge in [0.1, 0.15) is 17.3 Å². The van der Waals surface area contributed by atoms with Crippen molar-refractivity contribution in [2.45, 2.75) is 11.3 Å². The van der Waals surface area contributed by atoms with Gasteiger partial charge in [0, 0.05) is 6.54 Å². The van der Waals surface area contributed by atoms with Crippen LogP contribution in [0.3, 0.4) is 0 Å². The summed E-state index contributed by atoms with van der Waals surface area (Å²) in [5, 5.41) is 9.55. The molecule has 164 valence electrons.